The zero-order chi connectivity index (χ0) is 15.0. The van der Waals surface area contributed by atoms with Gasteiger partial charge in [-0.25, -0.2) is 4.98 Å². The zero-order valence-corrected chi connectivity index (χ0v) is 12.0. The van der Waals surface area contributed by atoms with Crippen molar-refractivity contribution < 1.29 is 14.3 Å². The summed E-state index contributed by atoms with van der Waals surface area (Å²) in [6.07, 6.45) is 0.262. The summed E-state index contributed by atoms with van der Waals surface area (Å²) in [5.74, 6) is 0.392. The van der Waals surface area contributed by atoms with Crippen LogP contribution in [0.4, 0.5) is 5.82 Å². The number of anilines is 1. The fourth-order valence-corrected chi connectivity index (χ4v) is 1.75. The molecule has 0 spiro atoms. The molecular weight excluding hydrogens is 258 g/mol. The summed E-state index contributed by atoms with van der Waals surface area (Å²) in [4.78, 5) is 17.6. The topological polar surface area (TPSA) is 75.4 Å². The maximum Gasteiger partial charge on any atom is 0.307 e. The van der Waals surface area contributed by atoms with Crippen LogP contribution in [0.2, 0.25) is 0 Å². The number of carbonyl (C=O) groups excluding carboxylic acids is 1. The minimum Gasteiger partial charge on any atom is -0.469 e. The van der Waals surface area contributed by atoms with Crippen LogP contribution < -0.4 is 4.90 Å². The van der Waals surface area contributed by atoms with Crippen molar-refractivity contribution in [3.8, 4) is 6.07 Å². The largest absolute Gasteiger partial charge is 0.469 e. The van der Waals surface area contributed by atoms with Gasteiger partial charge in [0.25, 0.3) is 0 Å². The molecule has 0 unspecified atom stereocenters. The molecule has 0 saturated carbocycles. The van der Waals surface area contributed by atoms with Gasteiger partial charge in [0.05, 0.1) is 31.8 Å². The van der Waals surface area contributed by atoms with E-state index in [4.69, 9.17) is 10.00 Å². The van der Waals surface area contributed by atoms with Crippen molar-refractivity contribution in [1.82, 2.24) is 4.98 Å². The van der Waals surface area contributed by atoms with Crippen molar-refractivity contribution >= 4 is 11.8 Å². The fourth-order valence-electron chi connectivity index (χ4n) is 1.75. The Morgan fingerprint density at radius 2 is 2.15 bits per heavy atom. The van der Waals surface area contributed by atoms with E-state index in [1.54, 1.807) is 19.2 Å². The van der Waals surface area contributed by atoms with Gasteiger partial charge < -0.3 is 14.4 Å². The summed E-state index contributed by atoms with van der Waals surface area (Å²) in [6.45, 7) is 3.41. The van der Waals surface area contributed by atoms with Gasteiger partial charge in [0.15, 0.2) is 0 Å². The highest BCUT2D eigenvalue weighted by atomic mass is 16.5. The Morgan fingerprint density at radius 3 is 2.75 bits per heavy atom. The summed E-state index contributed by atoms with van der Waals surface area (Å²) in [5.41, 5.74) is 1.31. The van der Waals surface area contributed by atoms with Crippen LogP contribution in [0.1, 0.15) is 17.7 Å². The Kier molecular flexibility index (Phi) is 6.47. The fraction of sp³-hybridized carbons (Fsp3) is 0.500. The van der Waals surface area contributed by atoms with Crippen LogP contribution in [0.15, 0.2) is 12.1 Å². The number of aryl methyl sites for hydroxylation is 1. The Hall–Kier alpha value is -2.13. The first-order valence-electron chi connectivity index (χ1n) is 6.30. The van der Waals surface area contributed by atoms with Gasteiger partial charge in [-0.05, 0) is 19.1 Å². The number of rotatable bonds is 7. The van der Waals surface area contributed by atoms with Gasteiger partial charge in [-0.1, -0.05) is 0 Å². The van der Waals surface area contributed by atoms with E-state index in [-0.39, 0.29) is 12.4 Å². The van der Waals surface area contributed by atoms with E-state index < -0.39 is 0 Å². The Labute approximate surface area is 118 Å². The van der Waals surface area contributed by atoms with Crippen LogP contribution in [-0.4, -0.2) is 44.9 Å². The molecule has 1 heterocycles. The summed E-state index contributed by atoms with van der Waals surface area (Å²) < 4.78 is 9.70. The molecule has 1 aromatic heterocycles. The monoisotopic (exact) mass is 277 g/mol. The molecule has 0 aliphatic carbocycles. The molecule has 1 aromatic rings. The van der Waals surface area contributed by atoms with Crippen molar-refractivity contribution in [1.29, 1.82) is 5.26 Å². The smallest absolute Gasteiger partial charge is 0.307 e. The molecule has 0 amide bonds. The van der Waals surface area contributed by atoms with E-state index in [0.29, 0.717) is 31.1 Å². The molecule has 0 aliphatic rings. The number of nitrogens with zero attached hydrogens (tertiary/aromatic N) is 3. The predicted molar refractivity (Wildman–Crippen MR) is 74.4 cm³/mol. The molecule has 0 bridgehead atoms. The highest BCUT2D eigenvalue weighted by Gasteiger charge is 2.12. The molecule has 0 N–H and O–H groups in total. The minimum atomic E-state index is -0.277. The molecule has 20 heavy (non-hydrogen) atoms. The van der Waals surface area contributed by atoms with E-state index >= 15 is 0 Å². The Morgan fingerprint density at radius 1 is 1.40 bits per heavy atom. The molecule has 0 radical (unpaired) electrons. The average molecular weight is 277 g/mol. The molecular formula is C14H19N3O3. The third-order valence-corrected chi connectivity index (χ3v) is 2.77. The number of aromatic nitrogens is 1. The Balaban J connectivity index is 2.88. The van der Waals surface area contributed by atoms with Crippen LogP contribution in [0.25, 0.3) is 0 Å². The summed E-state index contributed by atoms with van der Waals surface area (Å²) in [6, 6.07) is 5.53. The predicted octanol–water partition coefficient (Wildman–Crippen LogP) is 1.28. The van der Waals surface area contributed by atoms with Gasteiger partial charge in [-0.2, -0.15) is 5.26 Å². The minimum absolute atomic E-state index is 0.262. The third kappa shape index (κ3) is 4.86. The number of esters is 1. The van der Waals surface area contributed by atoms with Gasteiger partial charge in [0, 0.05) is 25.9 Å². The van der Waals surface area contributed by atoms with Crippen LogP contribution >= 0.6 is 0 Å². The number of hydrogen-bond donors (Lipinski definition) is 0. The van der Waals surface area contributed by atoms with Gasteiger partial charge in [-0.15, -0.1) is 0 Å². The van der Waals surface area contributed by atoms with Gasteiger partial charge in [0.2, 0.25) is 0 Å². The van der Waals surface area contributed by atoms with E-state index in [1.807, 2.05) is 11.8 Å². The lowest BCUT2D eigenvalue weighted by Crippen LogP contribution is -2.30. The number of nitriles is 1. The second-order valence-corrected chi connectivity index (χ2v) is 4.27. The first-order valence-corrected chi connectivity index (χ1v) is 6.30. The third-order valence-electron chi connectivity index (χ3n) is 2.77. The number of hydrogen-bond acceptors (Lipinski definition) is 6. The zero-order valence-electron chi connectivity index (χ0n) is 12.0. The molecule has 6 nitrogen and oxygen atoms in total. The maximum atomic E-state index is 11.3. The van der Waals surface area contributed by atoms with E-state index in [2.05, 4.69) is 15.8 Å². The highest BCUT2D eigenvalue weighted by molar-refractivity contribution is 5.70. The van der Waals surface area contributed by atoms with E-state index in [1.165, 1.54) is 7.11 Å². The lowest BCUT2D eigenvalue weighted by atomic mass is 10.2. The standard InChI is InChI=1S/C14H19N3O3/c1-11-8-12(10-15)9-13(16-11)17(6-7-19-2)5-4-14(18)20-3/h8-9H,4-7H2,1-3H3. The van der Waals surface area contributed by atoms with Crippen LogP contribution in [0.5, 0.6) is 0 Å². The van der Waals surface area contributed by atoms with Crippen LogP contribution in [0.3, 0.4) is 0 Å². The number of carbonyl (C=O) groups is 1. The van der Waals surface area contributed by atoms with Crippen LogP contribution in [0, 0.1) is 18.3 Å². The van der Waals surface area contributed by atoms with Gasteiger partial charge in [-0.3, -0.25) is 4.79 Å². The molecule has 0 aromatic carbocycles. The first kappa shape index (κ1) is 15.9. The van der Waals surface area contributed by atoms with E-state index in [9.17, 15) is 4.79 Å². The lowest BCUT2D eigenvalue weighted by Gasteiger charge is -2.23. The lowest BCUT2D eigenvalue weighted by molar-refractivity contribution is -0.140. The van der Waals surface area contributed by atoms with E-state index in [0.717, 1.165) is 5.69 Å². The molecule has 0 fully saturated rings. The molecule has 0 atom stereocenters. The molecule has 1 rings (SSSR count). The van der Waals surface area contributed by atoms with Crippen LogP contribution in [-0.2, 0) is 14.3 Å². The number of pyridine rings is 1. The molecule has 108 valence electrons. The molecule has 0 aliphatic heterocycles. The highest BCUT2D eigenvalue weighted by Crippen LogP contribution is 2.15. The second kappa shape index (κ2) is 8.12. The van der Waals surface area contributed by atoms with Crippen molar-refractivity contribution in [2.45, 2.75) is 13.3 Å². The summed E-state index contributed by atoms with van der Waals surface area (Å²) >= 11 is 0. The normalized spacial score (nSPS) is 9.90. The van der Waals surface area contributed by atoms with Gasteiger partial charge >= 0.3 is 5.97 Å². The summed E-state index contributed by atoms with van der Waals surface area (Å²) in [7, 11) is 2.98. The van der Waals surface area contributed by atoms with Gasteiger partial charge in [0.1, 0.15) is 5.82 Å². The number of methoxy groups -OCH3 is 2. The van der Waals surface area contributed by atoms with Crippen molar-refractivity contribution in [2.75, 3.05) is 38.8 Å². The SMILES string of the molecule is COCCN(CCC(=O)OC)c1cc(C#N)cc(C)n1. The quantitative estimate of drug-likeness (QED) is 0.699. The maximum absolute atomic E-state index is 11.3. The van der Waals surface area contributed by atoms with Crippen molar-refractivity contribution in [2.24, 2.45) is 0 Å². The number of ether oxygens (including phenoxy) is 2. The Bertz CT molecular complexity index is 497. The van der Waals surface area contributed by atoms with Crippen molar-refractivity contribution in [3.63, 3.8) is 0 Å². The molecule has 6 heteroatoms. The van der Waals surface area contributed by atoms with Crippen molar-refractivity contribution in [3.05, 3.63) is 23.4 Å². The average Bonchev–Trinajstić information content (AvgIpc) is 2.46. The summed E-state index contributed by atoms with van der Waals surface area (Å²) in [5, 5.41) is 9.01. The first-order chi connectivity index (χ1) is 9.60. The second-order valence-electron chi connectivity index (χ2n) is 4.27. The molecule has 0 saturated heterocycles.